The number of rotatable bonds is 2. The molecule has 0 spiro atoms. The maximum atomic E-state index is 13.7. The molecule has 0 aliphatic heterocycles. The SMILES string of the molecule is C#Cc1c(F)ccc2cc(OC(=O)OC(C)C)cc(I)c12. The minimum Gasteiger partial charge on any atom is -0.431 e. The Bertz CT molecular complexity index is 747. The van der Waals surface area contributed by atoms with Crippen LogP contribution >= 0.6 is 22.6 Å². The Balaban J connectivity index is 2.45. The van der Waals surface area contributed by atoms with Gasteiger partial charge in [0.1, 0.15) is 11.6 Å². The fraction of sp³-hybridized carbons (Fsp3) is 0.188. The van der Waals surface area contributed by atoms with Crippen LogP contribution in [0, 0.1) is 21.7 Å². The van der Waals surface area contributed by atoms with E-state index in [1.807, 2.05) is 22.6 Å². The van der Waals surface area contributed by atoms with Crippen molar-refractivity contribution < 1.29 is 18.7 Å². The third-order valence-electron chi connectivity index (χ3n) is 2.67. The van der Waals surface area contributed by atoms with Gasteiger partial charge in [-0.3, -0.25) is 0 Å². The number of hydrogen-bond acceptors (Lipinski definition) is 3. The fourth-order valence-electron chi connectivity index (χ4n) is 1.88. The van der Waals surface area contributed by atoms with Gasteiger partial charge in [0.05, 0.1) is 11.7 Å². The highest BCUT2D eigenvalue weighted by Crippen LogP contribution is 2.30. The molecule has 0 fully saturated rings. The van der Waals surface area contributed by atoms with Crippen LogP contribution in [0.1, 0.15) is 19.4 Å². The van der Waals surface area contributed by atoms with E-state index in [9.17, 15) is 9.18 Å². The van der Waals surface area contributed by atoms with Gasteiger partial charge in [0.15, 0.2) is 0 Å². The standard InChI is InChI=1S/C16H12FIO3/c1-4-12-13(17)6-5-10-7-11(8-14(18)15(10)12)21-16(19)20-9(2)3/h1,5-9H,2-3H3. The molecule has 0 N–H and O–H groups in total. The highest BCUT2D eigenvalue weighted by molar-refractivity contribution is 14.1. The Labute approximate surface area is 135 Å². The van der Waals surface area contributed by atoms with Crippen LogP contribution in [-0.4, -0.2) is 12.3 Å². The Morgan fingerprint density at radius 3 is 2.71 bits per heavy atom. The maximum absolute atomic E-state index is 13.7. The van der Waals surface area contributed by atoms with Crippen LogP contribution in [0.2, 0.25) is 0 Å². The molecule has 0 aliphatic carbocycles. The summed E-state index contributed by atoms with van der Waals surface area (Å²) in [4.78, 5) is 11.5. The van der Waals surface area contributed by atoms with Crippen LogP contribution in [-0.2, 0) is 4.74 Å². The van der Waals surface area contributed by atoms with Crippen LogP contribution in [0.5, 0.6) is 5.75 Å². The van der Waals surface area contributed by atoms with Crippen molar-refractivity contribution in [3.63, 3.8) is 0 Å². The summed E-state index contributed by atoms with van der Waals surface area (Å²) in [6, 6.07) is 6.13. The molecular weight excluding hydrogens is 386 g/mol. The number of fused-ring (bicyclic) bond motifs is 1. The monoisotopic (exact) mass is 398 g/mol. The molecule has 5 heteroatoms. The van der Waals surface area contributed by atoms with Crippen molar-refractivity contribution in [2.75, 3.05) is 0 Å². The zero-order valence-corrected chi connectivity index (χ0v) is 13.6. The third kappa shape index (κ3) is 3.45. The Kier molecular flexibility index (Phi) is 4.68. The van der Waals surface area contributed by atoms with Gasteiger partial charge >= 0.3 is 6.16 Å². The number of carbonyl (C=O) groups is 1. The largest absolute Gasteiger partial charge is 0.514 e. The van der Waals surface area contributed by atoms with Gasteiger partial charge in [-0.25, -0.2) is 9.18 Å². The Morgan fingerprint density at radius 2 is 2.10 bits per heavy atom. The molecule has 3 nitrogen and oxygen atoms in total. The molecule has 0 atom stereocenters. The molecule has 0 bridgehead atoms. The van der Waals surface area contributed by atoms with Gasteiger partial charge in [0.25, 0.3) is 0 Å². The summed E-state index contributed by atoms with van der Waals surface area (Å²) in [5, 5.41) is 1.33. The lowest BCUT2D eigenvalue weighted by Gasteiger charge is -2.11. The van der Waals surface area contributed by atoms with E-state index in [4.69, 9.17) is 15.9 Å². The van der Waals surface area contributed by atoms with Crippen molar-refractivity contribution in [3.8, 4) is 18.1 Å². The van der Waals surface area contributed by atoms with Gasteiger partial charge < -0.3 is 9.47 Å². The summed E-state index contributed by atoms with van der Waals surface area (Å²) in [7, 11) is 0. The van der Waals surface area contributed by atoms with Crippen molar-refractivity contribution >= 4 is 39.5 Å². The summed E-state index contributed by atoms with van der Waals surface area (Å²) in [5.74, 6) is 2.23. The molecule has 108 valence electrons. The highest BCUT2D eigenvalue weighted by atomic mass is 127. The van der Waals surface area contributed by atoms with Crippen LogP contribution in [0.4, 0.5) is 9.18 Å². The molecule has 2 rings (SSSR count). The average molecular weight is 398 g/mol. The quantitative estimate of drug-likeness (QED) is 0.324. The topological polar surface area (TPSA) is 35.5 Å². The Morgan fingerprint density at radius 1 is 1.38 bits per heavy atom. The number of carbonyl (C=O) groups excluding carboxylic acids is 1. The first-order chi connectivity index (χ1) is 9.92. The lowest BCUT2D eigenvalue weighted by molar-refractivity contribution is 0.0729. The molecule has 0 amide bonds. The van der Waals surface area contributed by atoms with Gasteiger partial charge in [-0.15, -0.1) is 6.42 Å². The number of hydrogen-bond donors (Lipinski definition) is 0. The number of halogens is 2. The summed E-state index contributed by atoms with van der Waals surface area (Å²) < 4.78 is 24.4. The van der Waals surface area contributed by atoms with E-state index in [1.54, 1.807) is 32.0 Å². The second-order valence-corrected chi connectivity index (χ2v) is 5.75. The minimum atomic E-state index is -0.778. The molecule has 0 saturated heterocycles. The molecule has 0 heterocycles. The van der Waals surface area contributed by atoms with E-state index < -0.39 is 12.0 Å². The summed E-state index contributed by atoms with van der Waals surface area (Å²) in [6.07, 6.45) is 4.32. The van der Waals surface area contributed by atoms with Gasteiger partial charge in [0, 0.05) is 8.96 Å². The van der Waals surface area contributed by atoms with E-state index in [0.717, 1.165) is 0 Å². The zero-order valence-electron chi connectivity index (χ0n) is 11.4. The predicted molar refractivity (Wildman–Crippen MR) is 86.8 cm³/mol. The van der Waals surface area contributed by atoms with E-state index in [-0.39, 0.29) is 11.7 Å². The number of ether oxygens (including phenoxy) is 2. The fourth-order valence-corrected chi connectivity index (χ4v) is 2.76. The molecule has 0 aromatic heterocycles. The summed E-state index contributed by atoms with van der Waals surface area (Å²) in [5.41, 5.74) is 0.202. The number of benzene rings is 2. The van der Waals surface area contributed by atoms with Gasteiger partial charge in [-0.1, -0.05) is 12.0 Å². The molecule has 0 radical (unpaired) electrons. The summed E-state index contributed by atoms with van der Waals surface area (Å²) >= 11 is 2.03. The van der Waals surface area contributed by atoms with E-state index >= 15 is 0 Å². The van der Waals surface area contributed by atoms with Crippen LogP contribution in [0.25, 0.3) is 10.8 Å². The highest BCUT2D eigenvalue weighted by Gasteiger charge is 2.13. The minimum absolute atomic E-state index is 0.202. The van der Waals surface area contributed by atoms with Crippen molar-refractivity contribution in [2.45, 2.75) is 20.0 Å². The second kappa shape index (κ2) is 6.31. The van der Waals surface area contributed by atoms with E-state index in [1.165, 1.54) is 6.07 Å². The van der Waals surface area contributed by atoms with Crippen LogP contribution in [0.15, 0.2) is 24.3 Å². The van der Waals surface area contributed by atoms with Crippen molar-refractivity contribution in [3.05, 3.63) is 39.2 Å². The first-order valence-corrected chi connectivity index (χ1v) is 7.27. The van der Waals surface area contributed by atoms with Gasteiger partial charge in [-0.05, 0) is 60.0 Å². The first kappa shape index (κ1) is 15.6. The number of terminal acetylenes is 1. The maximum Gasteiger partial charge on any atom is 0.514 e. The van der Waals surface area contributed by atoms with Gasteiger partial charge in [-0.2, -0.15) is 0 Å². The molecule has 0 unspecified atom stereocenters. The second-order valence-electron chi connectivity index (χ2n) is 4.59. The average Bonchev–Trinajstić information content (AvgIpc) is 2.38. The molecule has 2 aromatic carbocycles. The zero-order chi connectivity index (χ0) is 15.6. The van der Waals surface area contributed by atoms with E-state index in [0.29, 0.717) is 20.1 Å². The normalized spacial score (nSPS) is 10.5. The molecule has 2 aromatic rings. The molecular formula is C16H12FIO3. The lowest BCUT2D eigenvalue weighted by Crippen LogP contribution is -2.15. The smallest absolute Gasteiger partial charge is 0.431 e. The van der Waals surface area contributed by atoms with Crippen LogP contribution in [0.3, 0.4) is 0 Å². The third-order valence-corrected chi connectivity index (χ3v) is 3.52. The summed E-state index contributed by atoms with van der Waals surface area (Å²) in [6.45, 7) is 3.46. The van der Waals surface area contributed by atoms with Crippen molar-refractivity contribution in [2.24, 2.45) is 0 Å². The predicted octanol–water partition coefficient (Wildman–Crippen LogP) is 4.49. The molecule has 0 saturated carbocycles. The van der Waals surface area contributed by atoms with Crippen LogP contribution < -0.4 is 4.74 Å². The van der Waals surface area contributed by atoms with Crippen molar-refractivity contribution in [1.29, 1.82) is 0 Å². The Hall–Kier alpha value is -1.81. The van der Waals surface area contributed by atoms with E-state index in [2.05, 4.69) is 5.92 Å². The molecule has 21 heavy (non-hydrogen) atoms. The van der Waals surface area contributed by atoms with Crippen molar-refractivity contribution in [1.82, 2.24) is 0 Å². The lowest BCUT2D eigenvalue weighted by atomic mass is 10.0. The first-order valence-electron chi connectivity index (χ1n) is 6.19. The van der Waals surface area contributed by atoms with Gasteiger partial charge in [0.2, 0.25) is 0 Å². The molecule has 0 aliphatic rings.